The second-order valence-electron chi connectivity index (χ2n) is 18.9. The van der Waals surface area contributed by atoms with Crippen LogP contribution in [0.4, 0.5) is 11.4 Å². The molecule has 2 aromatic carbocycles. The van der Waals surface area contributed by atoms with Gasteiger partial charge in [-0.3, -0.25) is 28.2 Å². The van der Waals surface area contributed by atoms with Crippen LogP contribution in [0.1, 0.15) is 27.7 Å². The van der Waals surface area contributed by atoms with Crippen LogP contribution in [0.2, 0.25) is 0 Å². The molecule has 0 radical (unpaired) electrons. The molecule has 20 nitrogen and oxygen atoms in total. The lowest BCUT2D eigenvalue weighted by Crippen LogP contribution is -2.41. The van der Waals surface area contributed by atoms with Crippen molar-refractivity contribution in [3.8, 4) is 33.6 Å². The second-order valence-corrected chi connectivity index (χ2v) is 23.1. The summed E-state index contributed by atoms with van der Waals surface area (Å²) in [6.45, 7) is 7.84. The fourth-order valence-electron chi connectivity index (χ4n) is 8.32. The van der Waals surface area contributed by atoms with E-state index in [1.165, 1.54) is 24.5 Å². The Morgan fingerprint density at radius 2 is 0.974 bits per heavy atom. The van der Waals surface area contributed by atoms with Crippen LogP contribution < -0.4 is 14.9 Å². The van der Waals surface area contributed by atoms with Crippen molar-refractivity contribution in [1.82, 2.24) is 57.9 Å². The van der Waals surface area contributed by atoms with Gasteiger partial charge in [-0.05, 0) is 104 Å². The molecule has 1 aliphatic rings. The number of nitrogens with one attached hydrogen (secondary N) is 2. The highest BCUT2D eigenvalue weighted by molar-refractivity contribution is 9.10. The van der Waals surface area contributed by atoms with Gasteiger partial charge in [0.1, 0.15) is 11.3 Å². The Morgan fingerprint density at radius 3 is 1.53 bits per heavy atom. The zero-order valence-electron chi connectivity index (χ0n) is 42.1. The summed E-state index contributed by atoms with van der Waals surface area (Å²) in [5.74, 6) is 0. The van der Waals surface area contributed by atoms with Crippen LogP contribution in [0.3, 0.4) is 0 Å². The minimum atomic E-state index is -3.71. The van der Waals surface area contributed by atoms with Gasteiger partial charge in [-0.15, -0.1) is 0 Å². The molecule has 0 aliphatic carbocycles. The van der Waals surface area contributed by atoms with Gasteiger partial charge in [0.05, 0.1) is 80.9 Å². The first-order chi connectivity index (χ1) is 37.5. The molecule has 2 N–H and O–H groups in total. The standard InChI is InChI=1S/C24H17N7O2S.C17H21BN2O4S.C13H8BrN5/c32-34(33,21-4-2-1-3-5-21)29-20-10-18(11-25-13-20)17-6-7-23-27-14-22(30(23)15-17)19-12-26-24-8-9-28-31(24)16-19;1-16(2)17(3,4)24-18(23-16)13-10-14(12-19-11-13)20-25(21,22)15-8-6-5-7-9-15;14-10-1-2-12-16-6-11(18(12)8-10)9-5-15-13-3-4-17-19(13)7-9/h1-16,29H;5-12,20H,1-4H3;1-8H. The number of aromatic nitrogens is 12. The van der Waals surface area contributed by atoms with Crippen molar-refractivity contribution < 1.29 is 26.1 Å². The number of nitrogens with zero attached hydrogens (tertiary/aromatic N) is 12. The van der Waals surface area contributed by atoms with Crippen LogP contribution in [0.15, 0.2) is 210 Å². The molecule has 78 heavy (non-hydrogen) atoms. The predicted octanol–water partition coefficient (Wildman–Crippen LogP) is 8.89. The number of hydrogen-bond acceptors (Lipinski definition) is 14. The van der Waals surface area contributed by atoms with Crippen LogP contribution in [0, 0.1) is 0 Å². The lowest BCUT2D eigenvalue weighted by atomic mass is 9.80. The van der Waals surface area contributed by atoms with Crippen molar-refractivity contribution in [2.75, 3.05) is 9.44 Å². The Kier molecular flexibility index (Phi) is 13.6. The number of rotatable bonds is 10. The van der Waals surface area contributed by atoms with Gasteiger partial charge in [-0.1, -0.05) is 36.4 Å². The minimum absolute atomic E-state index is 0.188. The third kappa shape index (κ3) is 10.7. The fraction of sp³-hybridized carbons (Fsp3) is 0.111. The largest absolute Gasteiger partial charge is 0.496 e. The minimum Gasteiger partial charge on any atom is -0.399 e. The van der Waals surface area contributed by atoms with Crippen LogP contribution in [-0.2, 0) is 29.4 Å². The highest BCUT2D eigenvalue weighted by Crippen LogP contribution is 2.37. The van der Waals surface area contributed by atoms with Crippen molar-refractivity contribution in [2.45, 2.75) is 48.7 Å². The molecule has 1 aliphatic heterocycles. The van der Waals surface area contributed by atoms with Crippen LogP contribution in [0.25, 0.3) is 56.2 Å². The van der Waals surface area contributed by atoms with E-state index in [9.17, 15) is 16.8 Å². The molecule has 390 valence electrons. The number of halogens is 1. The average molecular weight is 1140 g/mol. The van der Waals surface area contributed by atoms with E-state index in [4.69, 9.17) is 9.31 Å². The first-order valence-electron chi connectivity index (χ1n) is 24.1. The number of benzene rings is 2. The molecular formula is C54H46BBrN14O6S2. The SMILES string of the molecule is Brc1ccc2ncc(-c3cnc4ccnn4c3)n2c1.CC1(C)OB(c2cncc(NS(=O)(=O)c3ccccc3)c2)OC1(C)C.O=S(=O)(Nc1cncc(-c2ccc3ncc(-c4cnc5ccnn5c4)n3c2)c1)c1ccccc1. The van der Waals surface area contributed by atoms with Crippen molar-refractivity contribution in [3.63, 3.8) is 0 Å². The lowest BCUT2D eigenvalue weighted by Gasteiger charge is -2.32. The average Bonchev–Trinajstić information content (AvgIpc) is 4.41. The summed E-state index contributed by atoms with van der Waals surface area (Å²) in [7, 11) is -7.98. The molecule has 0 atom stereocenters. The maximum Gasteiger partial charge on any atom is 0.496 e. The molecule has 0 saturated carbocycles. The fourth-order valence-corrected chi connectivity index (χ4v) is 10.8. The van der Waals surface area contributed by atoms with Gasteiger partial charge in [0.25, 0.3) is 20.0 Å². The van der Waals surface area contributed by atoms with E-state index in [0.29, 0.717) is 16.8 Å². The van der Waals surface area contributed by atoms with Crippen LogP contribution >= 0.6 is 15.9 Å². The first-order valence-corrected chi connectivity index (χ1v) is 27.9. The maximum absolute atomic E-state index is 12.7. The quantitative estimate of drug-likeness (QED) is 0.122. The van der Waals surface area contributed by atoms with Gasteiger partial charge < -0.3 is 9.31 Å². The first kappa shape index (κ1) is 51.4. The molecule has 0 unspecified atom stereocenters. The Bertz CT molecular complexity index is 4370. The van der Waals surface area contributed by atoms with E-state index in [-0.39, 0.29) is 9.79 Å². The Hall–Kier alpha value is -8.68. The summed E-state index contributed by atoms with van der Waals surface area (Å²) >= 11 is 3.48. The number of fused-ring (bicyclic) bond motifs is 4. The Labute approximate surface area is 456 Å². The number of hydrogen-bond donors (Lipinski definition) is 2. The van der Waals surface area contributed by atoms with Crippen molar-refractivity contribution >= 4 is 82.5 Å². The predicted molar refractivity (Wildman–Crippen MR) is 300 cm³/mol. The molecule has 11 heterocycles. The molecular weight excluding hydrogens is 1100 g/mol. The topological polar surface area (TPSA) is 232 Å². The molecule has 1 fully saturated rings. The van der Waals surface area contributed by atoms with E-state index in [1.54, 1.807) is 107 Å². The molecule has 12 aromatic rings. The molecule has 0 bridgehead atoms. The van der Waals surface area contributed by atoms with E-state index < -0.39 is 38.4 Å². The zero-order chi connectivity index (χ0) is 54.2. The number of pyridine rings is 4. The molecule has 24 heteroatoms. The van der Waals surface area contributed by atoms with Gasteiger partial charge in [-0.25, -0.2) is 45.8 Å². The molecule has 0 spiro atoms. The summed E-state index contributed by atoms with van der Waals surface area (Å²) < 4.78 is 75.8. The van der Waals surface area contributed by atoms with E-state index >= 15 is 0 Å². The number of anilines is 2. The van der Waals surface area contributed by atoms with E-state index in [0.717, 1.165) is 60.7 Å². The summed E-state index contributed by atoms with van der Waals surface area (Å²) in [4.78, 5) is 26.4. The van der Waals surface area contributed by atoms with Gasteiger partial charge in [0.2, 0.25) is 0 Å². The zero-order valence-corrected chi connectivity index (χ0v) is 45.3. The summed E-state index contributed by atoms with van der Waals surface area (Å²) in [5, 5.41) is 8.46. The molecule has 1 saturated heterocycles. The highest BCUT2D eigenvalue weighted by atomic mass is 79.9. The maximum atomic E-state index is 12.7. The van der Waals surface area contributed by atoms with Crippen molar-refractivity contribution in [3.05, 3.63) is 200 Å². The third-order valence-electron chi connectivity index (χ3n) is 13.0. The molecule has 10 aromatic heterocycles. The van der Waals surface area contributed by atoms with Gasteiger partial charge in [0.15, 0.2) is 11.3 Å². The van der Waals surface area contributed by atoms with Crippen LogP contribution in [-0.4, -0.2) is 93.1 Å². The highest BCUT2D eigenvalue weighted by Gasteiger charge is 2.52. The van der Waals surface area contributed by atoms with Gasteiger partial charge in [-0.2, -0.15) is 10.2 Å². The third-order valence-corrected chi connectivity index (χ3v) is 16.3. The molecule has 13 rings (SSSR count). The smallest absolute Gasteiger partial charge is 0.399 e. The number of imidazole rings is 2. The Morgan fingerprint density at radius 1 is 0.487 bits per heavy atom. The summed E-state index contributed by atoms with van der Waals surface area (Å²) in [6.07, 6.45) is 24.7. The van der Waals surface area contributed by atoms with E-state index in [2.05, 4.69) is 65.5 Å². The monoisotopic (exact) mass is 1140 g/mol. The van der Waals surface area contributed by atoms with Crippen LogP contribution in [0.5, 0.6) is 0 Å². The summed E-state index contributed by atoms with van der Waals surface area (Å²) in [5.41, 5.74) is 9.01. The second kappa shape index (κ2) is 20.7. The van der Waals surface area contributed by atoms with E-state index in [1.807, 2.05) is 110 Å². The van der Waals surface area contributed by atoms with Gasteiger partial charge >= 0.3 is 7.12 Å². The number of sulfonamides is 2. The summed E-state index contributed by atoms with van der Waals surface area (Å²) in [6, 6.07) is 31.3. The Balaban J connectivity index is 0.000000130. The lowest BCUT2D eigenvalue weighted by molar-refractivity contribution is 0.00578. The van der Waals surface area contributed by atoms with Crippen molar-refractivity contribution in [1.29, 1.82) is 0 Å². The normalized spacial score (nSPS) is 14.0. The molecule has 0 amide bonds. The van der Waals surface area contributed by atoms with Crippen molar-refractivity contribution in [2.24, 2.45) is 0 Å². The van der Waals surface area contributed by atoms with Gasteiger partial charge in [0, 0.05) is 93.9 Å².